The average molecular weight is 263 g/mol. The fraction of sp³-hybridized carbons (Fsp3) is 0.368. The van der Waals surface area contributed by atoms with Gasteiger partial charge in [0.1, 0.15) is 0 Å². The van der Waals surface area contributed by atoms with E-state index in [-0.39, 0.29) is 6.04 Å². The smallest absolute Gasteiger partial charge is 0.0152 e. The number of hydrogen-bond donors (Lipinski definition) is 1. The quantitative estimate of drug-likeness (QED) is 0.902. The highest BCUT2D eigenvalue weighted by atomic mass is 14.7. The molecule has 0 fully saturated rings. The minimum atomic E-state index is 0.254. The highest BCUT2D eigenvalue weighted by Crippen LogP contribution is 2.37. The maximum Gasteiger partial charge on any atom is 0.0152 e. The number of nitrogens with two attached hydrogens (primary N) is 1. The Morgan fingerprint density at radius 2 is 1.85 bits per heavy atom. The SMILES string of the molecule is NC(Cc1ccc2c(c1)CCC2)C1Cc2ccccc21. The molecule has 0 amide bonds. The zero-order chi connectivity index (χ0) is 13.5. The van der Waals surface area contributed by atoms with Crippen molar-refractivity contribution >= 4 is 0 Å². The van der Waals surface area contributed by atoms with Crippen molar-refractivity contribution in [1.82, 2.24) is 0 Å². The van der Waals surface area contributed by atoms with Gasteiger partial charge in [-0.1, -0.05) is 42.5 Å². The molecule has 2 atom stereocenters. The average Bonchev–Trinajstić information content (AvgIpc) is 2.87. The molecule has 1 nitrogen and oxygen atoms in total. The molecular formula is C19H21N. The molecule has 2 aromatic rings. The van der Waals surface area contributed by atoms with Crippen LogP contribution in [0.25, 0.3) is 0 Å². The van der Waals surface area contributed by atoms with E-state index in [9.17, 15) is 0 Å². The van der Waals surface area contributed by atoms with E-state index in [2.05, 4.69) is 42.5 Å². The fourth-order valence-corrected chi connectivity index (χ4v) is 3.85. The van der Waals surface area contributed by atoms with E-state index in [4.69, 9.17) is 5.73 Å². The van der Waals surface area contributed by atoms with Crippen LogP contribution in [0.3, 0.4) is 0 Å². The lowest BCUT2D eigenvalue weighted by Crippen LogP contribution is -2.37. The van der Waals surface area contributed by atoms with Gasteiger partial charge in [-0.05, 0) is 59.9 Å². The Bertz CT molecular complexity index is 644. The van der Waals surface area contributed by atoms with Crippen molar-refractivity contribution in [3.05, 3.63) is 70.3 Å². The number of aryl methyl sites for hydroxylation is 2. The van der Waals surface area contributed by atoms with Crippen LogP contribution in [0, 0.1) is 0 Å². The Balaban J connectivity index is 1.50. The van der Waals surface area contributed by atoms with E-state index in [0.717, 1.165) is 12.8 Å². The first-order chi connectivity index (χ1) is 9.81. The predicted molar refractivity (Wildman–Crippen MR) is 83.0 cm³/mol. The molecule has 0 aliphatic heterocycles. The van der Waals surface area contributed by atoms with Crippen molar-refractivity contribution in [2.45, 2.75) is 44.1 Å². The van der Waals surface area contributed by atoms with E-state index < -0.39 is 0 Å². The van der Waals surface area contributed by atoms with Crippen LogP contribution in [0.2, 0.25) is 0 Å². The van der Waals surface area contributed by atoms with Gasteiger partial charge in [0, 0.05) is 12.0 Å². The summed E-state index contributed by atoms with van der Waals surface area (Å²) < 4.78 is 0. The van der Waals surface area contributed by atoms with E-state index in [1.165, 1.54) is 36.0 Å². The van der Waals surface area contributed by atoms with Crippen molar-refractivity contribution < 1.29 is 0 Å². The highest BCUT2D eigenvalue weighted by Gasteiger charge is 2.30. The maximum absolute atomic E-state index is 6.47. The summed E-state index contributed by atoms with van der Waals surface area (Å²) in [7, 11) is 0. The van der Waals surface area contributed by atoms with Crippen molar-refractivity contribution in [3.8, 4) is 0 Å². The molecule has 0 saturated heterocycles. The van der Waals surface area contributed by atoms with Gasteiger partial charge in [-0.25, -0.2) is 0 Å². The van der Waals surface area contributed by atoms with E-state index >= 15 is 0 Å². The van der Waals surface area contributed by atoms with Crippen molar-refractivity contribution in [1.29, 1.82) is 0 Å². The summed E-state index contributed by atoms with van der Waals surface area (Å²) in [4.78, 5) is 0. The summed E-state index contributed by atoms with van der Waals surface area (Å²) in [6.07, 6.45) is 6.00. The molecular weight excluding hydrogens is 242 g/mol. The summed E-state index contributed by atoms with van der Waals surface area (Å²) in [6, 6.07) is 16.0. The number of fused-ring (bicyclic) bond motifs is 2. The van der Waals surface area contributed by atoms with Gasteiger partial charge in [0.2, 0.25) is 0 Å². The minimum Gasteiger partial charge on any atom is -0.327 e. The summed E-state index contributed by atoms with van der Waals surface area (Å²) >= 11 is 0. The molecule has 0 bridgehead atoms. The first-order valence-corrected chi connectivity index (χ1v) is 7.75. The predicted octanol–water partition coefficient (Wildman–Crippen LogP) is 3.39. The zero-order valence-electron chi connectivity index (χ0n) is 11.8. The Morgan fingerprint density at radius 1 is 1.00 bits per heavy atom. The van der Waals surface area contributed by atoms with E-state index in [1.54, 1.807) is 11.1 Å². The maximum atomic E-state index is 6.47. The standard InChI is InChI=1S/C19H21N/c20-19(18-12-16-4-1-2-7-17(16)18)11-13-8-9-14-5-3-6-15(14)10-13/h1-2,4,7-10,18-19H,3,5-6,11-12,20H2. The molecule has 20 heavy (non-hydrogen) atoms. The molecule has 0 spiro atoms. The van der Waals surface area contributed by atoms with Gasteiger partial charge in [0.05, 0.1) is 0 Å². The van der Waals surface area contributed by atoms with Crippen LogP contribution < -0.4 is 5.73 Å². The molecule has 4 rings (SSSR count). The number of hydrogen-bond acceptors (Lipinski definition) is 1. The van der Waals surface area contributed by atoms with Gasteiger partial charge in [-0.2, -0.15) is 0 Å². The van der Waals surface area contributed by atoms with Crippen LogP contribution >= 0.6 is 0 Å². The molecule has 0 radical (unpaired) electrons. The summed E-state index contributed by atoms with van der Waals surface area (Å²) in [6.45, 7) is 0. The van der Waals surface area contributed by atoms with Crippen LogP contribution in [0.15, 0.2) is 42.5 Å². The zero-order valence-corrected chi connectivity index (χ0v) is 11.8. The summed E-state index contributed by atoms with van der Waals surface area (Å²) in [5.41, 5.74) is 14.0. The molecule has 2 aliphatic carbocycles. The van der Waals surface area contributed by atoms with Gasteiger partial charge in [0.25, 0.3) is 0 Å². The lowest BCUT2D eigenvalue weighted by Gasteiger charge is -2.34. The minimum absolute atomic E-state index is 0.254. The molecule has 2 aromatic carbocycles. The second kappa shape index (κ2) is 4.75. The van der Waals surface area contributed by atoms with Gasteiger partial charge in [-0.15, -0.1) is 0 Å². The van der Waals surface area contributed by atoms with Gasteiger partial charge < -0.3 is 5.73 Å². The fourth-order valence-electron chi connectivity index (χ4n) is 3.85. The Labute approximate surface area is 120 Å². The summed E-state index contributed by atoms with van der Waals surface area (Å²) in [5, 5.41) is 0. The molecule has 102 valence electrons. The Kier molecular flexibility index (Phi) is 2.89. The second-order valence-electron chi connectivity index (χ2n) is 6.33. The third kappa shape index (κ3) is 1.97. The number of rotatable bonds is 3. The largest absolute Gasteiger partial charge is 0.327 e. The van der Waals surface area contributed by atoms with Crippen molar-refractivity contribution in [2.24, 2.45) is 5.73 Å². The highest BCUT2D eigenvalue weighted by molar-refractivity contribution is 5.42. The topological polar surface area (TPSA) is 26.0 Å². The molecule has 2 unspecified atom stereocenters. The van der Waals surface area contributed by atoms with Crippen molar-refractivity contribution in [2.75, 3.05) is 0 Å². The van der Waals surface area contributed by atoms with Crippen molar-refractivity contribution in [3.63, 3.8) is 0 Å². The Hall–Kier alpha value is -1.60. The van der Waals surface area contributed by atoms with Crippen LogP contribution in [-0.2, 0) is 25.7 Å². The van der Waals surface area contributed by atoms with E-state index in [1.807, 2.05) is 0 Å². The third-order valence-corrected chi connectivity index (χ3v) is 5.05. The molecule has 0 saturated carbocycles. The first kappa shape index (κ1) is 12.2. The number of benzene rings is 2. The van der Waals surface area contributed by atoms with E-state index in [0.29, 0.717) is 5.92 Å². The first-order valence-electron chi connectivity index (χ1n) is 7.75. The van der Waals surface area contributed by atoms with Crippen LogP contribution in [0.4, 0.5) is 0 Å². The molecule has 0 heterocycles. The molecule has 1 heteroatoms. The van der Waals surface area contributed by atoms with Crippen LogP contribution in [0.1, 0.15) is 40.2 Å². The third-order valence-electron chi connectivity index (χ3n) is 5.05. The molecule has 2 aliphatic rings. The lowest BCUT2D eigenvalue weighted by atomic mass is 9.72. The molecule has 2 N–H and O–H groups in total. The monoisotopic (exact) mass is 263 g/mol. The van der Waals surface area contributed by atoms with Crippen LogP contribution in [-0.4, -0.2) is 6.04 Å². The van der Waals surface area contributed by atoms with Gasteiger partial charge >= 0.3 is 0 Å². The normalized spacial score (nSPS) is 20.9. The molecule has 0 aromatic heterocycles. The lowest BCUT2D eigenvalue weighted by molar-refractivity contribution is 0.480. The van der Waals surface area contributed by atoms with Gasteiger partial charge in [-0.3, -0.25) is 0 Å². The Morgan fingerprint density at radius 3 is 2.75 bits per heavy atom. The van der Waals surface area contributed by atoms with Gasteiger partial charge in [0.15, 0.2) is 0 Å². The van der Waals surface area contributed by atoms with Crippen LogP contribution in [0.5, 0.6) is 0 Å². The summed E-state index contributed by atoms with van der Waals surface area (Å²) in [5.74, 6) is 0.555. The second-order valence-corrected chi connectivity index (χ2v) is 6.33.